The van der Waals surface area contributed by atoms with Crippen LogP contribution in [0.3, 0.4) is 0 Å². The summed E-state index contributed by atoms with van der Waals surface area (Å²) in [5.41, 5.74) is 0.680. The van der Waals surface area contributed by atoms with Crippen LogP contribution in [0.4, 0.5) is 8.78 Å². The number of rotatable bonds is 8. The second kappa shape index (κ2) is 9.15. The van der Waals surface area contributed by atoms with Crippen molar-refractivity contribution < 1.29 is 23.4 Å². The van der Waals surface area contributed by atoms with Crippen LogP contribution in [-0.2, 0) is 4.79 Å². The van der Waals surface area contributed by atoms with Gasteiger partial charge in [0.05, 0.1) is 6.10 Å². The van der Waals surface area contributed by atoms with Crippen LogP contribution in [0.15, 0.2) is 30.3 Å². The maximum Gasteiger partial charge on any atom is 0.387 e. The summed E-state index contributed by atoms with van der Waals surface area (Å²) in [6.45, 7) is 1.32. The van der Waals surface area contributed by atoms with Gasteiger partial charge in [-0.1, -0.05) is 26.0 Å². The van der Waals surface area contributed by atoms with Gasteiger partial charge < -0.3 is 15.2 Å². The van der Waals surface area contributed by atoms with Gasteiger partial charge in [0.1, 0.15) is 5.75 Å². The number of alkyl halides is 2. The first-order valence-electron chi connectivity index (χ1n) is 7.05. The average molecular weight is 313 g/mol. The quantitative estimate of drug-likeness (QED) is 0.726. The van der Waals surface area contributed by atoms with Crippen molar-refractivity contribution in [1.29, 1.82) is 0 Å². The molecule has 0 aromatic heterocycles. The van der Waals surface area contributed by atoms with Crippen LogP contribution in [-0.4, -0.2) is 30.3 Å². The van der Waals surface area contributed by atoms with Crippen LogP contribution in [0.25, 0.3) is 6.08 Å². The fraction of sp³-hybridized carbons (Fsp3) is 0.438. The van der Waals surface area contributed by atoms with Crippen molar-refractivity contribution in [2.24, 2.45) is 5.92 Å². The number of ether oxygens (including phenoxy) is 1. The van der Waals surface area contributed by atoms with Crippen molar-refractivity contribution in [1.82, 2.24) is 5.32 Å². The van der Waals surface area contributed by atoms with Crippen LogP contribution >= 0.6 is 0 Å². The number of hydrogen-bond acceptors (Lipinski definition) is 3. The van der Waals surface area contributed by atoms with Gasteiger partial charge in [0.2, 0.25) is 5.91 Å². The molecule has 0 aliphatic heterocycles. The Hall–Kier alpha value is -1.95. The molecular formula is C16H21F2NO3. The van der Waals surface area contributed by atoms with E-state index in [1.165, 1.54) is 18.2 Å². The molecule has 1 aromatic carbocycles. The second-order valence-corrected chi connectivity index (χ2v) is 5.31. The number of hydrogen-bond donors (Lipinski definition) is 2. The largest absolute Gasteiger partial charge is 0.435 e. The monoisotopic (exact) mass is 313 g/mol. The molecule has 1 amide bonds. The van der Waals surface area contributed by atoms with Crippen LogP contribution in [0.2, 0.25) is 0 Å². The lowest BCUT2D eigenvalue weighted by Gasteiger charge is -2.12. The Balaban J connectivity index is 2.42. The predicted octanol–water partition coefficient (Wildman–Crippen LogP) is 2.82. The van der Waals surface area contributed by atoms with Crippen molar-refractivity contribution in [3.8, 4) is 5.75 Å². The summed E-state index contributed by atoms with van der Waals surface area (Å²) in [7, 11) is 0. The number of aliphatic hydroxyl groups excluding tert-OH is 1. The van der Waals surface area contributed by atoms with Crippen molar-refractivity contribution >= 4 is 12.0 Å². The zero-order valence-corrected chi connectivity index (χ0v) is 12.6. The van der Waals surface area contributed by atoms with Gasteiger partial charge >= 0.3 is 6.61 Å². The van der Waals surface area contributed by atoms with E-state index in [1.807, 2.05) is 13.8 Å². The predicted molar refractivity (Wildman–Crippen MR) is 80.6 cm³/mol. The number of aliphatic hydroxyl groups is 1. The van der Waals surface area contributed by atoms with Gasteiger partial charge in [-0.3, -0.25) is 4.79 Å². The van der Waals surface area contributed by atoms with Gasteiger partial charge in [-0.05, 0) is 36.1 Å². The topological polar surface area (TPSA) is 58.6 Å². The maximum atomic E-state index is 12.0. The van der Waals surface area contributed by atoms with Crippen LogP contribution in [0.1, 0.15) is 25.8 Å². The standard InChI is InChI=1S/C16H21F2NO3/c1-11(2)9-13(20)10-19-15(21)8-5-12-3-6-14(7-4-12)22-16(17)18/h3-8,11,13,16,20H,9-10H2,1-2H3,(H,19,21)/b8-5+. The summed E-state index contributed by atoms with van der Waals surface area (Å²) in [4.78, 5) is 11.6. The third-order valence-corrected chi connectivity index (χ3v) is 2.79. The molecule has 122 valence electrons. The van der Waals surface area contributed by atoms with Gasteiger partial charge in [0.15, 0.2) is 0 Å². The highest BCUT2D eigenvalue weighted by molar-refractivity contribution is 5.91. The molecule has 2 N–H and O–H groups in total. The van der Waals surface area contributed by atoms with Gasteiger partial charge in [-0.15, -0.1) is 0 Å². The second-order valence-electron chi connectivity index (χ2n) is 5.31. The fourth-order valence-corrected chi connectivity index (χ4v) is 1.84. The zero-order valence-electron chi connectivity index (χ0n) is 12.6. The zero-order chi connectivity index (χ0) is 16.5. The Morgan fingerprint density at radius 3 is 2.50 bits per heavy atom. The number of halogens is 2. The molecule has 1 atom stereocenters. The number of nitrogens with one attached hydrogen (secondary N) is 1. The summed E-state index contributed by atoms with van der Waals surface area (Å²) >= 11 is 0. The van der Waals surface area contributed by atoms with Crippen LogP contribution in [0.5, 0.6) is 5.75 Å². The van der Waals surface area contributed by atoms with E-state index in [1.54, 1.807) is 18.2 Å². The Labute approximate surface area is 128 Å². The average Bonchev–Trinajstić information content (AvgIpc) is 2.43. The Kier molecular flexibility index (Phi) is 7.52. The van der Waals surface area contributed by atoms with Crippen LogP contribution < -0.4 is 10.1 Å². The first-order chi connectivity index (χ1) is 10.4. The molecule has 0 spiro atoms. The highest BCUT2D eigenvalue weighted by Gasteiger charge is 2.07. The van der Waals surface area contributed by atoms with Gasteiger partial charge in [0.25, 0.3) is 0 Å². The lowest BCUT2D eigenvalue weighted by molar-refractivity contribution is -0.116. The number of carbonyl (C=O) groups is 1. The molecule has 0 bridgehead atoms. The molecule has 22 heavy (non-hydrogen) atoms. The first kappa shape index (κ1) is 18.1. The molecule has 6 heteroatoms. The van der Waals surface area contributed by atoms with Crippen molar-refractivity contribution in [2.75, 3.05) is 6.54 Å². The number of carbonyl (C=O) groups excluding carboxylic acids is 1. The van der Waals surface area contributed by atoms with Gasteiger partial charge in [-0.2, -0.15) is 8.78 Å². The first-order valence-corrected chi connectivity index (χ1v) is 7.05. The van der Waals surface area contributed by atoms with Gasteiger partial charge in [0, 0.05) is 12.6 Å². The molecule has 0 saturated carbocycles. The Morgan fingerprint density at radius 2 is 1.95 bits per heavy atom. The summed E-state index contributed by atoms with van der Waals surface area (Å²) in [6, 6.07) is 5.93. The summed E-state index contributed by atoms with van der Waals surface area (Å²) in [5.74, 6) is 0.0977. The lowest BCUT2D eigenvalue weighted by Crippen LogP contribution is -2.31. The third-order valence-electron chi connectivity index (χ3n) is 2.79. The molecule has 0 aliphatic carbocycles. The number of benzene rings is 1. The molecule has 1 rings (SSSR count). The lowest BCUT2D eigenvalue weighted by atomic mass is 10.1. The normalized spacial score (nSPS) is 12.9. The molecule has 0 aliphatic rings. The number of amides is 1. The molecule has 0 radical (unpaired) electrons. The van der Waals surface area contributed by atoms with E-state index in [-0.39, 0.29) is 18.2 Å². The molecule has 0 fully saturated rings. The fourth-order valence-electron chi connectivity index (χ4n) is 1.84. The minimum absolute atomic E-state index is 0.0633. The SMILES string of the molecule is CC(C)CC(O)CNC(=O)/C=C/c1ccc(OC(F)F)cc1. The molecule has 4 nitrogen and oxygen atoms in total. The Bertz CT molecular complexity index is 487. The minimum Gasteiger partial charge on any atom is -0.435 e. The smallest absolute Gasteiger partial charge is 0.387 e. The highest BCUT2D eigenvalue weighted by atomic mass is 19.3. The van der Waals surface area contributed by atoms with Crippen molar-refractivity contribution in [2.45, 2.75) is 33.0 Å². The Morgan fingerprint density at radius 1 is 1.32 bits per heavy atom. The van der Waals surface area contributed by atoms with Gasteiger partial charge in [-0.25, -0.2) is 0 Å². The molecule has 1 unspecified atom stereocenters. The minimum atomic E-state index is -2.86. The summed E-state index contributed by atoms with van der Waals surface area (Å²) in [5, 5.41) is 12.2. The summed E-state index contributed by atoms with van der Waals surface area (Å²) in [6.07, 6.45) is 2.93. The van der Waals surface area contributed by atoms with Crippen molar-refractivity contribution in [3.05, 3.63) is 35.9 Å². The van der Waals surface area contributed by atoms with Crippen molar-refractivity contribution in [3.63, 3.8) is 0 Å². The van der Waals surface area contributed by atoms with E-state index in [9.17, 15) is 18.7 Å². The van der Waals surface area contributed by atoms with E-state index in [2.05, 4.69) is 10.1 Å². The van der Waals surface area contributed by atoms with E-state index in [4.69, 9.17) is 0 Å². The van der Waals surface area contributed by atoms with E-state index in [0.717, 1.165) is 0 Å². The molecule has 1 aromatic rings. The van der Waals surface area contributed by atoms with E-state index >= 15 is 0 Å². The van der Waals surface area contributed by atoms with Crippen LogP contribution in [0, 0.1) is 5.92 Å². The molecular weight excluding hydrogens is 292 g/mol. The highest BCUT2D eigenvalue weighted by Crippen LogP contribution is 2.15. The molecule has 0 heterocycles. The van der Waals surface area contributed by atoms with E-state index in [0.29, 0.717) is 17.9 Å². The maximum absolute atomic E-state index is 12.0. The summed E-state index contributed by atoms with van der Waals surface area (Å²) < 4.78 is 28.2. The third kappa shape index (κ3) is 7.73. The van der Waals surface area contributed by atoms with E-state index < -0.39 is 12.7 Å². The molecule has 0 saturated heterocycles.